The van der Waals surface area contributed by atoms with E-state index in [2.05, 4.69) is 0 Å². The van der Waals surface area contributed by atoms with Gasteiger partial charge in [-0.25, -0.2) is 4.79 Å². The van der Waals surface area contributed by atoms with Crippen molar-refractivity contribution in [3.05, 3.63) is 46.2 Å². The van der Waals surface area contributed by atoms with E-state index in [1.807, 2.05) is 0 Å². The number of hydrogen-bond acceptors (Lipinski definition) is 4. The number of rotatable bonds is 4. The Labute approximate surface area is 108 Å². The highest BCUT2D eigenvalue weighted by molar-refractivity contribution is 5.92. The molecule has 1 atom stereocenters. The van der Waals surface area contributed by atoms with Crippen LogP contribution in [0.5, 0.6) is 0 Å². The minimum atomic E-state index is -1.32. The predicted octanol–water partition coefficient (Wildman–Crippen LogP) is 0.0529. The molecule has 1 unspecified atom stereocenters. The van der Waals surface area contributed by atoms with E-state index >= 15 is 0 Å². The summed E-state index contributed by atoms with van der Waals surface area (Å²) in [7, 11) is 0. The minimum absolute atomic E-state index is 0.0115. The molecular weight excluding hydrogens is 250 g/mol. The number of aromatic carboxylic acids is 1. The summed E-state index contributed by atoms with van der Waals surface area (Å²) in [5, 5.41) is 27.6. The summed E-state index contributed by atoms with van der Waals surface area (Å²) in [6, 6.07) is 6.55. The van der Waals surface area contributed by atoms with Crippen LogP contribution in [0.25, 0.3) is 10.9 Å². The fraction of sp³-hybridized carbons (Fsp3) is 0.231. The topological polar surface area (TPSA) is 99.8 Å². The summed E-state index contributed by atoms with van der Waals surface area (Å²) in [6.45, 7) is -0.430. The van der Waals surface area contributed by atoms with Gasteiger partial charge in [0.1, 0.15) is 5.56 Å². The summed E-state index contributed by atoms with van der Waals surface area (Å²) in [6.07, 6.45) is 0.166. The molecule has 100 valence electrons. The molecule has 0 aliphatic heterocycles. The second kappa shape index (κ2) is 5.21. The van der Waals surface area contributed by atoms with Gasteiger partial charge in [-0.3, -0.25) is 4.79 Å². The number of carboxylic acids is 1. The largest absolute Gasteiger partial charge is 0.477 e. The molecule has 0 aliphatic rings. The average Bonchev–Trinajstić information content (AvgIpc) is 2.41. The van der Waals surface area contributed by atoms with Crippen LogP contribution in [-0.4, -0.2) is 38.6 Å². The lowest BCUT2D eigenvalue weighted by molar-refractivity contribution is 0.0691. The molecule has 6 heteroatoms. The van der Waals surface area contributed by atoms with Gasteiger partial charge in [0, 0.05) is 11.6 Å². The van der Waals surface area contributed by atoms with E-state index in [0.29, 0.717) is 5.52 Å². The molecular formula is C13H13NO5. The number of para-hydroxylation sites is 1. The van der Waals surface area contributed by atoms with Crippen LogP contribution in [-0.2, 0) is 6.54 Å². The van der Waals surface area contributed by atoms with E-state index in [0.717, 1.165) is 0 Å². The zero-order chi connectivity index (χ0) is 14.0. The second-order valence-corrected chi connectivity index (χ2v) is 4.18. The smallest absolute Gasteiger partial charge is 0.341 e. The molecule has 19 heavy (non-hydrogen) atoms. The van der Waals surface area contributed by atoms with Gasteiger partial charge < -0.3 is 19.9 Å². The van der Waals surface area contributed by atoms with Crippen molar-refractivity contribution in [3.8, 4) is 0 Å². The van der Waals surface area contributed by atoms with Crippen molar-refractivity contribution in [1.82, 2.24) is 4.57 Å². The molecule has 1 heterocycles. The maximum absolute atomic E-state index is 12.0. The molecule has 0 bridgehead atoms. The van der Waals surface area contributed by atoms with Gasteiger partial charge >= 0.3 is 5.97 Å². The van der Waals surface area contributed by atoms with Gasteiger partial charge in [0.2, 0.25) is 5.43 Å². The van der Waals surface area contributed by atoms with Crippen LogP contribution in [0.15, 0.2) is 35.3 Å². The zero-order valence-corrected chi connectivity index (χ0v) is 9.98. The van der Waals surface area contributed by atoms with Gasteiger partial charge in [0.05, 0.1) is 24.8 Å². The number of fused-ring (bicyclic) bond motifs is 1. The van der Waals surface area contributed by atoms with E-state index in [4.69, 9.17) is 10.2 Å². The maximum Gasteiger partial charge on any atom is 0.341 e. The number of aromatic nitrogens is 1. The number of pyridine rings is 1. The Morgan fingerprint density at radius 1 is 1.32 bits per heavy atom. The van der Waals surface area contributed by atoms with Gasteiger partial charge in [0.15, 0.2) is 0 Å². The molecule has 2 rings (SSSR count). The number of aliphatic hydroxyl groups excluding tert-OH is 2. The third-order valence-corrected chi connectivity index (χ3v) is 2.84. The Kier molecular flexibility index (Phi) is 3.64. The molecule has 0 radical (unpaired) electrons. The van der Waals surface area contributed by atoms with E-state index in [-0.39, 0.29) is 17.5 Å². The van der Waals surface area contributed by atoms with Gasteiger partial charge in [-0.15, -0.1) is 0 Å². The normalized spacial score (nSPS) is 12.5. The lowest BCUT2D eigenvalue weighted by atomic mass is 10.1. The van der Waals surface area contributed by atoms with Crippen molar-refractivity contribution >= 4 is 16.9 Å². The number of benzene rings is 1. The Bertz CT molecular complexity index is 676. The van der Waals surface area contributed by atoms with Crippen molar-refractivity contribution < 1.29 is 20.1 Å². The highest BCUT2D eigenvalue weighted by Crippen LogP contribution is 2.12. The number of nitrogens with zero attached hydrogens (tertiary/aromatic N) is 1. The number of aliphatic hydroxyl groups is 2. The summed E-state index contributed by atoms with van der Waals surface area (Å²) in [5.41, 5.74) is -0.397. The molecule has 2 aromatic rings. The van der Waals surface area contributed by atoms with Crippen LogP contribution in [0.4, 0.5) is 0 Å². The van der Waals surface area contributed by atoms with Crippen LogP contribution < -0.4 is 5.43 Å². The molecule has 0 spiro atoms. The number of carbonyl (C=O) groups is 1. The standard InChI is InChI=1S/C13H13NO5/c15-7-8(16)5-14-6-10(13(18)19)12(17)9-3-1-2-4-11(9)14/h1-4,6,8,15-16H,5,7H2,(H,18,19). The Morgan fingerprint density at radius 2 is 2.00 bits per heavy atom. The molecule has 3 N–H and O–H groups in total. The van der Waals surface area contributed by atoms with E-state index in [1.54, 1.807) is 18.2 Å². The molecule has 0 saturated heterocycles. The molecule has 6 nitrogen and oxygen atoms in total. The lowest BCUT2D eigenvalue weighted by Crippen LogP contribution is -2.24. The SMILES string of the molecule is O=C(O)c1cn(CC(O)CO)c2ccccc2c1=O. The first-order chi connectivity index (χ1) is 9.04. The highest BCUT2D eigenvalue weighted by Gasteiger charge is 2.15. The fourth-order valence-electron chi connectivity index (χ4n) is 1.93. The lowest BCUT2D eigenvalue weighted by Gasteiger charge is -2.14. The minimum Gasteiger partial charge on any atom is -0.477 e. The first-order valence-electron chi connectivity index (χ1n) is 5.69. The summed E-state index contributed by atoms with van der Waals surface area (Å²) in [4.78, 5) is 23.0. The molecule has 1 aromatic heterocycles. The first kappa shape index (κ1) is 13.3. The average molecular weight is 263 g/mol. The number of hydrogen-bond donors (Lipinski definition) is 3. The van der Waals surface area contributed by atoms with E-state index in [1.165, 1.54) is 16.8 Å². The van der Waals surface area contributed by atoms with Crippen molar-refractivity contribution in [1.29, 1.82) is 0 Å². The van der Waals surface area contributed by atoms with Crippen molar-refractivity contribution in [2.75, 3.05) is 6.61 Å². The van der Waals surface area contributed by atoms with Crippen LogP contribution in [0.3, 0.4) is 0 Å². The van der Waals surface area contributed by atoms with Crippen LogP contribution in [0, 0.1) is 0 Å². The molecule has 0 fully saturated rings. The van der Waals surface area contributed by atoms with Crippen LogP contribution in [0.1, 0.15) is 10.4 Å². The van der Waals surface area contributed by atoms with Crippen molar-refractivity contribution in [2.24, 2.45) is 0 Å². The van der Waals surface area contributed by atoms with E-state index < -0.39 is 24.1 Å². The monoisotopic (exact) mass is 263 g/mol. The Morgan fingerprint density at radius 3 is 2.63 bits per heavy atom. The third kappa shape index (κ3) is 2.49. The van der Waals surface area contributed by atoms with Crippen molar-refractivity contribution in [3.63, 3.8) is 0 Å². The van der Waals surface area contributed by atoms with Crippen LogP contribution in [0.2, 0.25) is 0 Å². The second-order valence-electron chi connectivity index (χ2n) is 4.18. The third-order valence-electron chi connectivity index (χ3n) is 2.84. The van der Waals surface area contributed by atoms with Gasteiger partial charge in [-0.2, -0.15) is 0 Å². The quantitative estimate of drug-likeness (QED) is 0.724. The van der Waals surface area contributed by atoms with Crippen molar-refractivity contribution in [2.45, 2.75) is 12.6 Å². The highest BCUT2D eigenvalue weighted by atomic mass is 16.4. The van der Waals surface area contributed by atoms with Gasteiger partial charge in [-0.1, -0.05) is 12.1 Å². The molecule has 0 aliphatic carbocycles. The van der Waals surface area contributed by atoms with Crippen LogP contribution >= 0.6 is 0 Å². The van der Waals surface area contributed by atoms with E-state index in [9.17, 15) is 14.7 Å². The Balaban J connectivity index is 2.71. The molecule has 1 aromatic carbocycles. The predicted molar refractivity (Wildman–Crippen MR) is 68.3 cm³/mol. The van der Waals surface area contributed by atoms with Gasteiger partial charge in [0.25, 0.3) is 0 Å². The summed E-state index contributed by atoms with van der Waals surface area (Å²) >= 11 is 0. The zero-order valence-electron chi connectivity index (χ0n) is 9.98. The summed E-state index contributed by atoms with van der Waals surface area (Å²) in [5.74, 6) is -1.32. The molecule has 0 saturated carbocycles. The van der Waals surface area contributed by atoms with Gasteiger partial charge in [-0.05, 0) is 12.1 Å². The molecule has 0 amide bonds. The Hall–Kier alpha value is -2.18. The maximum atomic E-state index is 12.0. The number of carboxylic acid groups (broad SMARTS) is 1. The summed E-state index contributed by atoms with van der Waals surface area (Å²) < 4.78 is 1.46. The first-order valence-corrected chi connectivity index (χ1v) is 5.69. The fourth-order valence-corrected chi connectivity index (χ4v) is 1.93.